The van der Waals surface area contributed by atoms with Crippen molar-refractivity contribution in [2.45, 2.75) is 38.7 Å². The van der Waals surface area contributed by atoms with Crippen LogP contribution in [0.2, 0.25) is 0 Å². The van der Waals surface area contributed by atoms with Crippen LogP contribution in [0.15, 0.2) is 0 Å². The molecule has 0 bridgehead atoms. The van der Waals surface area contributed by atoms with Crippen molar-refractivity contribution < 1.29 is 9.53 Å². The van der Waals surface area contributed by atoms with Crippen molar-refractivity contribution in [1.82, 2.24) is 9.80 Å². The van der Waals surface area contributed by atoms with E-state index >= 15 is 0 Å². The van der Waals surface area contributed by atoms with Crippen LogP contribution < -0.4 is 5.73 Å². The van der Waals surface area contributed by atoms with Crippen LogP contribution in [0.4, 0.5) is 0 Å². The van der Waals surface area contributed by atoms with Gasteiger partial charge in [-0.15, -0.1) is 0 Å². The number of hydrogen-bond donors (Lipinski definition) is 1. The van der Waals surface area contributed by atoms with E-state index < -0.39 is 0 Å². The third kappa shape index (κ3) is 5.04. The summed E-state index contributed by atoms with van der Waals surface area (Å²) < 4.78 is 6.06. The summed E-state index contributed by atoms with van der Waals surface area (Å²) in [6.45, 7) is 8.44. The fraction of sp³-hybridized carbons (Fsp3) is 0.933. The van der Waals surface area contributed by atoms with Crippen molar-refractivity contribution >= 4 is 5.91 Å². The number of ether oxygens (including phenoxy) is 1. The summed E-state index contributed by atoms with van der Waals surface area (Å²) >= 11 is 0. The Balaban J connectivity index is 1.58. The van der Waals surface area contributed by atoms with Gasteiger partial charge in [-0.2, -0.15) is 0 Å². The van der Waals surface area contributed by atoms with E-state index in [-0.39, 0.29) is 5.91 Å². The number of amides is 1. The minimum Gasteiger partial charge on any atom is -0.377 e. The number of hydrogen-bond acceptors (Lipinski definition) is 4. The lowest BCUT2D eigenvalue weighted by atomic mass is 9.88. The fourth-order valence-electron chi connectivity index (χ4n) is 3.25. The molecule has 0 radical (unpaired) electrons. The molecule has 5 nitrogen and oxygen atoms in total. The van der Waals surface area contributed by atoms with Gasteiger partial charge >= 0.3 is 0 Å². The summed E-state index contributed by atoms with van der Waals surface area (Å²) in [6, 6.07) is 0. The molecule has 2 rings (SSSR count). The van der Waals surface area contributed by atoms with Gasteiger partial charge in [-0.3, -0.25) is 14.6 Å². The second-order valence-electron chi connectivity index (χ2n) is 6.26. The molecule has 1 aliphatic heterocycles. The highest BCUT2D eigenvalue weighted by Crippen LogP contribution is 2.26. The van der Waals surface area contributed by atoms with Gasteiger partial charge in [-0.1, -0.05) is 19.8 Å². The first kappa shape index (κ1) is 15.7. The van der Waals surface area contributed by atoms with Gasteiger partial charge in [0.05, 0.1) is 19.3 Å². The second-order valence-corrected chi connectivity index (χ2v) is 6.26. The van der Waals surface area contributed by atoms with Crippen LogP contribution in [0.3, 0.4) is 0 Å². The molecule has 2 aliphatic rings. The number of primary amides is 1. The third-order valence-corrected chi connectivity index (χ3v) is 4.62. The van der Waals surface area contributed by atoms with Crippen LogP contribution in [-0.2, 0) is 9.53 Å². The number of piperazine rings is 1. The Bertz CT molecular complexity index is 303. The largest absolute Gasteiger partial charge is 0.377 e. The van der Waals surface area contributed by atoms with Crippen LogP contribution in [0.5, 0.6) is 0 Å². The van der Waals surface area contributed by atoms with E-state index in [1.54, 1.807) is 0 Å². The van der Waals surface area contributed by atoms with Crippen molar-refractivity contribution in [1.29, 1.82) is 0 Å². The maximum Gasteiger partial charge on any atom is 0.231 e. The molecule has 1 heterocycles. The van der Waals surface area contributed by atoms with E-state index in [1.807, 2.05) is 0 Å². The van der Waals surface area contributed by atoms with E-state index in [0.717, 1.165) is 45.2 Å². The van der Waals surface area contributed by atoms with Crippen LogP contribution in [0, 0.1) is 5.92 Å². The van der Waals surface area contributed by atoms with Crippen LogP contribution in [0.1, 0.15) is 32.6 Å². The first-order valence-corrected chi connectivity index (χ1v) is 8.00. The molecule has 0 spiro atoms. The predicted octanol–water partition coefficient (Wildman–Crippen LogP) is 0.685. The van der Waals surface area contributed by atoms with Crippen molar-refractivity contribution in [3.63, 3.8) is 0 Å². The highest BCUT2D eigenvalue weighted by Gasteiger charge is 2.22. The molecule has 2 atom stereocenters. The Kier molecular flexibility index (Phi) is 6.26. The maximum absolute atomic E-state index is 10.9. The molecule has 0 aromatic heterocycles. The Morgan fingerprint density at radius 2 is 1.80 bits per heavy atom. The molecular weight excluding hydrogens is 254 g/mol. The Hall–Kier alpha value is -0.650. The predicted molar refractivity (Wildman–Crippen MR) is 79.4 cm³/mol. The topological polar surface area (TPSA) is 58.8 Å². The molecular formula is C15H29N3O2. The zero-order valence-electron chi connectivity index (χ0n) is 12.7. The molecule has 2 fully saturated rings. The van der Waals surface area contributed by atoms with Gasteiger partial charge in [-0.05, 0) is 18.8 Å². The van der Waals surface area contributed by atoms with Gasteiger partial charge in [-0.25, -0.2) is 0 Å². The molecule has 0 unspecified atom stereocenters. The highest BCUT2D eigenvalue weighted by atomic mass is 16.5. The van der Waals surface area contributed by atoms with Crippen LogP contribution in [-0.4, -0.2) is 67.7 Å². The molecule has 116 valence electrons. The summed E-state index contributed by atoms with van der Waals surface area (Å²) in [5.41, 5.74) is 5.22. The lowest BCUT2D eigenvalue weighted by Crippen LogP contribution is -2.49. The standard InChI is InChI=1S/C15H29N3O2/c1-13-4-2-3-5-14(13)20-11-10-17-6-8-18(9-7-17)12-15(16)19/h13-14H,2-12H2,1H3,(H2,16,19)/t13-,14-/m1/s1. The molecule has 20 heavy (non-hydrogen) atoms. The average Bonchev–Trinajstić information content (AvgIpc) is 2.42. The minimum atomic E-state index is -0.229. The van der Waals surface area contributed by atoms with Gasteiger partial charge in [0.15, 0.2) is 0 Å². The molecule has 2 N–H and O–H groups in total. The normalized spacial score (nSPS) is 29.4. The monoisotopic (exact) mass is 283 g/mol. The van der Waals surface area contributed by atoms with Crippen molar-refractivity contribution in [3.05, 3.63) is 0 Å². The molecule has 1 aliphatic carbocycles. The van der Waals surface area contributed by atoms with E-state index in [1.165, 1.54) is 25.7 Å². The molecule has 5 heteroatoms. The van der Waals surface area contributed by atoms with E-state index in [4.69, 9.17) is 10.5 Å². The number of nitrogens with two attached hydrogens (primary N) is 1. The maximum atomic E-state index is 10.9. The van der Waals surface area contributed by atoms with E-state index in [2.05, 4.69) is 16.7 Å². The average molecular weight is 283 g/mol. The van der Waals surface area contributed by atoms with Gasteiger partial charge in [0.1, 0.15) is 0 Å². The molecule has 1 amide bonds. The van der Waals surface area contributed by atoms with Crippen LogP contribution in [0.25, 0.3) is 0 Å². The molecule has 0 aromatic rings. The summed E-state index contributed by atoms with van der Waals surface area (Å²) in [4.78, 5) is 15.4. The van der Waals surface area contributed by atoms with Crippen molar-refractivity contribution in [3.8, 4) is 0 Å². The third-order valence-electron chi connectivity index (χ3n) is 4.62. The van der Waals surface area contributed by atoms with E-state index in [9.17, 15) is 4.79 Å². The lowest BCUT2D eigenvalue weighted by Gasteiger charge is -2.35. The van der Waals surface area contributed by atoms with Gasteiger partial charge in [0, 0.05) is 32.7 Å². The zero-order valence-corrected chi connectivity index (χ0v) is 12.7. The summed E-state index contributed by atoms with van der Waals surface area (Å²) in [5.74, 6) is 0.490. The molecule has 1 saturated carbocycles. The van der Waals surface area contributed by atoms with Gasteiger partial charge < -0.3 is 10.5 Å². The summed E-state index contributed by atoms with van der Waals surface area (Å²) in [6.07, 6.45) is 5.70. The van der Waals surface area contributed by atoms with Crippen molar-refractivity contribution in [2.75, 3.05) is 45.9 Å². The Labute approximate surface area is 122 Å². The molecule has 0 aromatic carbocycles. The minimum absolute atomic E-state index is 0.229. The highest BCUT2D eigenvalue weighted by molar-refractivity contribution is 5.75. The van der Waals surface area contributed by atoms with Gasteiger partial charge in [0.25, 0.3) is 0 Å². The summed E-state index contributed by atoms with van der Waals surface area (Å²) in [7, 11) is 0. The van der Waals surface area contributed by atoms with E-state index in [0.29, 0.717) is 12.6 Å². The quantitative estimate of drug-likeness (QED) is 0.779. The first-order chi connectivity index (χ1) is 9.65. The second kappa shape index (κ2) is 7.96. The Morgan fingerprint density at radius 3 is 2.45 bits per heavy atom. The van der Waals surface area contributed by atoms with Crippen LogP contribution >= 0.6 is 0 Å². The summed E-state index contributed by atoms with van der Waals surface area (Å²) in [5, 5.41) is 0. The fourth-order valence-corrected chi connectivity index (χ4v) is 3.25. The first-order valence-electron chi connectivity index (χ1n) is 8.00. The number of nitrogens with zero attached hydrogens (tertiary/aromatic N) is 2. The zero-order chi connectivity index (χ0) is 14.4. The smallest absolute Gasteiger partial charge is 0.231 e. The number of rotatable bonds is 6. The number of carbonyl (C=O) groups excluding carboxylic acids is 1. The Morgan fingerprint density at radius 1 is 1.15 bits per heavy atom. The van der Waals surface area contributed by atoms with Crippen molar-refractivity contribution in [2.24, 2.45) is 11.7 Å². The van der Waals surface area contributed by atoms with Gasteiger partial charge in [0.2, 0.25) is 5.91 Å². The number of carbonyl (C=O) groups is 1. The SMILES string of the molecule is C[C@@H]1CCCC[C@H]1OCCN1CCN(CC(N)=O)CC1. The molecule has 1 saturated heterocycles. The lowest BCUT2D eigenvalue weighted by molar-refractivity contribution is -0.119.